The molecule has 2 aromatic heterocycles. The molecule has 0 radical (unpaired) electrons. The van der Waals surface area contributed by atoms with Gasteiger partial charge < -0.3 is 14.0 Å². The predicted molar refractivity (Wildman–Crippen MR) is 92.6 cm³/mol. The second-order valence-corrected chi connectivity index (χ2v) is 6.21. The van der Waals surface area contributed by atoms with E-state index in [4.69, 9.17) is 16.3 Å². The van der Waals surface area contributed by atoms with E-state index < -0.39 is 0 Å². The molecule has 1 amide bonds. The van der Waals surface area contributed by atoms with Crippen LogP contribution in [0.5, 0.6) is 5.75 Å². The second kappa shape index (κ2) is 6.17. The molecule has 0 atom stereocenters. The third-order valence-corrected chi connectivity index (χ3v) is 4.30. The van der Waals surface area contributed by atoms with Crippen molar-refractivity contribution in [2.24, 2.45) is 0 Å². The number of amides is 1. The Bertz CT molecular complexity index is 889. The quantitative estimate of drug-likeness (QED) is 0.727. The van der Waals surface area contributed by atoms with Crippen LogP contribution in [0.15, 0.2) is 48.8 Å². The summed E-state index contributed by atoms with van der Waals surface area (Å²) < 4.78 is 7.66. The first-order valence-corrected chi connectivity index (χ1v) is 8.23. The number of imidazole rings is 1. The van der Waals surface area contributed by atoms with Crippen LogP contribution in [0.4, 0.5) is 5.69 Å². The van der Waals surface area contributed by atoms with Crippen LogP contribution in [-0.4, -0.2) is 21.8 Å². The van der Waals surface area contributed by atoms with Crippen LogP contribution in [-0.2, 0) is 11.4 Å². The molecular formula is C18H16ClN3O2. The highest BCUT2D eigenvalue weighted by atomic mass is 35.5. The van der Waals surface area contributed by atoms with E-state index in [-0.39, 0.29) is 5.91 Å². The number of benzene rings is 1. The van der Waals surface area contributed by atoms with Gasteiger partial charge in [0.1, 0.15) is 18.0 Å². The maximum Gasteiger partial charge on any atom is 0.227 e. The lowest BCUT2D eigenvalue weighted by molar-refractivity contribution is -0.117. The summed E-state index contributed by atoms with van der Waals surface area (Å²) in [6.07, 6.45) is 5.28. The number of pyridine rings is 1. The van der Waals surface area contributed by atoms with Crippen molar-refractivity contribution in [1.29, 1.82) is 0 Å². The minimum atomic E-state index is 0.187. The Kier molecular flexibility index (Phi) is 3.86. The van der Waals surface area contributed by atoms with Crippen molar-refractivity contribution in [3.8, 4) is 5.75 Å². The smallest absolute Gasteiger partial charge is 0.227 e. The van der Waals surface area contributed by atoms with Gasteiger partial charge >= 0.3 is 0 Å². The fourth-order valence-corrected chi connectivity index (χ4v) is 3.06. The number of anilines is 1. The van der Waals surface area contributed by atoms with Crippen LogP contribution in [0.2, 0.25) is 5.02 Å². The fraction of sp³-hybridized carbons (Fsp3) is 0.222. The molecule has 0 N–H and O–H groups in total. The van der Waals surface area contributed by atoms with Crippen LogP contribution in [0, 0.1) is 0 Å². The van der Waals surface area contributed by atoms with Gasteiger partial charge in [0.2, 0.25) is 5.91 Å². The molecular weight excluding hydrogens is 326 g/mol. The Morgan fingerprint density at radius 1 is 1.12 bits per heavy atom. The zero-order valence-electron chi connectivity index (χ0n) is 13.0. The Morgan fingerprint density at radius 2 is 1.96 bits per heavy atom. The molecule has 1 fully saturated rings. The molecule has 4 rings (SSSR count). The first-order valence-electron chi connectivity index (χ1n) is 7.85. The number of carbonyl (C=O) groups excluding carboxylic acids is 1. The van der Waals surface area contributed by atoms with Gasteiger partial charge in [-0.25, -0.2) is 4.98 Å². The van der Waals surface area contributed by atoms with Crippen molar-refractivity contribution >= 4 is 28.8 Å². The van der Waals surface area contributed by atoms with Gasteiger partial charge in [-0.3, -0.25) is 4.79 Å². The number of hydrogen-bond donors (Lipinski definition) is 0. The van der Waals surface area contributed by atoms with Gasteiger partial charge in [0, 0.05) is 31.0 Å². The van der Waals surface area contributed by atoms with E-state index in [2.05, 4.69) is 4.98 Å². The van der Waals surface area contributed by atoms with E-state index in [1.165, 1.54) is 0 Å². The van der Waals surface area contributed by atoms with Crippen molar-refractivity contribution in [2.75, 3.05) is 11.4 Å². The number of ether oxygens (including phenoxy) is 1. The van der Waals surface area contributed by atoms with Crippen molar-refractivity contribution in [1.82, 2.24) is 9.38 Å². The van der Waals surface area contributed by atoms with Crippen LogP contribution >= 0.6 is 11.6 Å². The van der Waals surface area contributed by atoms with Gasteiger partial charge in [-0.1, -0.05) is 11.6 Å². The number of nitrogens with zero attached hydrogens (tertiary/aromatic N) is 3. The fourth-order valence-electron chi connectivity index (χ4n) is 2.89. The summed E-state index contributed by atoms with van der Waals surface area (Å²) in [5.74, 6) is 0.938. The average Bonchev–Trinajstić information content (AvgIpc) is 3.19. The van der Waals surface area contributed by atoms with E-state index in [0.717, 1.165) is 35.7 Å². The van der Waals surface area contributed by atoms with Gasteiger partial charge in [0.05, 0.1) is 10.7 Å². The first-order chi connectivity index (χ1) is 11.7. The minimum Gasteiger partial charge on any atom is -0.487 e. The molecule has 1 aromatic carbocycles. The molecule has 5 nitrogen and oxygen atoms in total. The second-order valence-electron chi connectivity index (χ2n) is 5.78. The van der Waals surface area contributed by atoms with Crippen LogP contribution in [0.1, 0.15) is 18.5 Å². The van der Waals surface area contributed by atoms with E-state index in [1.807, 2.05) is 58.1 Å². The van der Waals surface area contributed by atoms with Crippen LogP contribution in [0.3, 0.4) is 0 Å². The highest BCUT2D eigenvalue weighted by Gasteiger charge is 2.21. The SMILES string of the molecule is O=C1CCCN1c1ccc(OCc2cn3cc(Cl)ccc3n2)cc1. The highest BCUT2D eigenvalue weighted by molar-refractivity contribution is 6.30. The molecule has 122 valence electrons. The zero-order chi connectivity index (χ0) is 16.5. The summed E-state index contributed by atoms with van der Waals surface area (Å²) in [5, 5.41) is 0.666. The van der Waals surface area contributed by atoms with Crippen molar-refractivity contribution in [3.05, 3.63) is 59.5 Å². The molecule has 0 saturated carbocycles. The Labute approximate surface area is 144 Å². The molecule has 3 heterocycles. The Balaban J connectivity index is 1.44. The molecule has 0 aliphatic carbocycles. The number of halogens is 1. The average molecular weight is 342 g/mol. The maximum atomic E-state index is 11.8. The largest absolute Gasteiger partial charge is 0.487 e. The summed E-state index contributed by atoms with van der Waals surface area (Å²) in [7, 11) is 0. The molecule has 0 unspecified atom stereocenters. The zero-order valence-corrected chi connectivity index (χ0v) is 13.7. The lowest BCUT2D eigenvalue weighted by atomic mass is 10.3. The summed E-state index contributed by atoms with van der Waals surface area (Å²) in [6.45, 7) is 1.17. The molecule has 6 heteroatoms. The standard InChI is InChI=1S/C18H16ClN3O2/c19-13-3-8-17-20-14(11-21(17)10-13)12-24-16-6-4-15(5-7-16)22-9-1-2-18(22)23/h3-8,10-11H,1-2,9,12H2. The Morgan fingerprint density at radius 3 is 2.71 bits per heavy atom. The number of rotatable bonds is 4. The molecule has 24 heavy (non-hydrogen) atoms. The Hall–Kier alpha value is -2.53. The van der Waals surface area contributed by atoms with Crippen molar-refractivity contribution in [3.63, 3.8) is 0 Å². The van der Waals surface area contributed by atoms with Crippen LogP contribution in [0.25, 0.3) is 5.65 Å². The van der Waals surface area contributed by atoms with E-state index in [1.54, 1.807) is 0 Å². The number of hydrogen-bond acceptors (Lipinski definition) is 3. The summed E-state index contributed by atoms with van der Waals surface area (Å²) in [6, 6.07) is 11.3. The lowest BCUT2D eigenvalue weighted by Gasteiger charge is -2.15. The lowest BCUT2D eigenvalue weighted by Crippen LogP contribution is -2.23. The van der Waals surface area contributed by atoms with E-state index >= 15 is 0 Å². The number of aromatic nitrogens is 2. The molecule has 0 spiro atoms. The van der Waals surface area contributed by atoms with Gasteiger partial charge in [0.15, 0.2) is 0 Å². The number of carbonyl (C=O) groups is 1. The third-order valence-electron chi connectivity index (χ3n) is 4.07. The van der Waals surface area contributed by atoms with Gasteiger partial charge in [-0.2, -0.15) is 0 Å². The monoisotopic (exact) mass is 341 g/mol. The first kappa shape index (κ1) is 15.0. The molecule has 1 aliphatic rings. The van der Waals surface area contributed by atoms with Gasteiger partial charge in [-0.05, 0) is 42.8 Å². The molecule has 3 aromatic rings. The topological polar surface area (TPSA) is 46.8 Å². The van der Waals surface area contributed by atoms with E-state index in [9.17, 15) is 4.79 Å². The normalized spacial score (nSPS) is 14.5. The predicted octanol–water partition coefficient (Wildman–Crippen LogP) is 3.69. The maximum absolute atomic E-state index is 11.8. The van der Waals surface area contributed by atoms with Gasteiger partial charge in [-0.15, -0.1) is 0 Å². The molecule has 1 aliphatic heterocycles. The number of fused-ring (bicyclic) bond motifs is 1. The minimum absolute atomic E-state index is 0.187. The summed E-state index contributed by atoms with van der Waals surface area (Å²) in [4.78, 5) is 18.1. The van der Waals surface area contributed by atoms with Crippen LogP contribution < -0.4 is 9.64 Å². The highest BCUT2D eigenvalue weighted by Crippen LogP contribution is 2.24. The van der Waals surface area contributed by atoms with Crippen molar-refractivity contribution < 1.29 is 9.53 Å². The summed E-state index contributed by atoms with van der Waals surface area (Å²) >= 11 is 5.97. The van der Waals surface area contributed by atoms with Crippen molar-refractivity contribution in [2.45, 2.75) is 19.4 Å². The summed E-state index contributed by atoms with van der Waals surface area (Å²) in [5.41, 5.74) is 2.59. The molecule has 0 bridgehead atoms. The molecule has 1 saturated heterocycles. The van der Waals surface area contributed by atoms with Gasteiger partial charge in [0.25, 0.3) is 0 Å². The van der Waals surface area contributed by atoms with E-state index in [0.29, 0.717) is 18.1 Å². The third kappa shape index (κ3) is 2.95.